The Bertz CT molecular complexity index is 892. The molecule has 2 aromatic rings. The van der Waals surface area contributed by atoms with Gasteiger partial charge in [-0.3, -0.25) is 4.79 Å². The second kappa shape index (κ2) is 7.23. The maximum absolute atomic E-state index is 13.0. The lowest BCUT2D eigenvalue weighted by molar-refractivity contribution is -0.132. The van der Waals surface area contributed by atoms with Crippen LogP contribution < -0.4 is 0 Å². The van der Waals surface area contributed by atoms with Crippen LogP contribution in [0.1, 0.15) is 37.3 Å². The van der Waals surface area contributed by atoms with Crippen molar-refractivity contribution in [2.24, 2.45) is 0 Å². The minimum absolute atomic E-state index is 0.0143. The van der Waals surface area contributed by atoms with Crippen LogP contribution in [0.2, 0.25) is 0 Å². The molecule has 0 saturated carbocycles. The van der Waals surface area contributed by atoms with Gasteiger partial charge in [0.2, 0.25) is 5.91 Å². The van der Waals surface area contributed by atoms with Gasteiger partial charge in [0.05, 0.1) is 11.3 Å². The van der Waals surface area contributed by atoms with E-state index in [-0.39, 0.29) is 29.3 Å². The smallest absolute Gasteiger partial charge is 0.227 e. The predicted octanol–water partition coefficient (Wildman–Crippen LogP) is 3.43. The molecule has 3 unspecified atom stereocenters. The third-order valence-electron chi connectivity index (χ3n) is 5.32. The molecule has 1 amide bonds. The topological polar surface area (TPSA) is 54.5 Å². The predicted molar refractivity (Wildman–Crippen MR) is 103 cm³/mol. The summed E-state index contributed by atoms with van der Waals surface area (Å²) in [6.45, 7) is 4.15. The number of hydrogen-bond donors (Lipinski definition) is 0. The van der Waals surface area contributed by atoms with E-state index in [1.165, 1.54) is 11.8 Å². The monoisotopic (exact) mass is 371 g/mol. The van der Waals surface area contributed by atoms with Gasteiger partial charge < -0.3 is 4.90 Å². The number of rotatable bonds is 4. The summed E-state index contributed by atoms with van der Waals surface area (Å²) < 4.78 is 24.0. The largest absolute Gasteiger partial charge is 0.336 e. The van der Waals surface area contributed by atoms with Crippen molar-refractivity contribution in [3.8, 4) is 0 Å². The highest BCUT2D eigenvalue weighted by Gasteiger charge is 2.39. The molecule has 1 aliphatic rings. The van der Waals surface area contributed by atoms with Gasteiger partial charge in [-0.2, -0.15) is 0 Å². The minimum atomic E-state index is -3.35. The molecular formula is C21H25NO3S. The molecule has 0 bridgehead atoms. The first kappa shape index (κ1) is 18.6. The van der Waals surface area contributed by atoms with Crippen molar-refractivity contribution >= 4 is 15.7 Å². The number of sulfone groups is 1. The number of carbonyl (C=O) groups is 1. The average molecular weight is 372 g/mol. The van der Waals surface area contributed by atoms with Crippen LogP contribution in [0.25, 0.3) is 0 Å². The van der Waals surface area contributed by atoms with E-state index in [2.05, 4.69) is 26.0 Å². The van der Waals surface area contributed by atoms with Gasteiger partial charge in [-0.1, -0.05) is 48.5 Å². The summed E-state index contributed by atoms with van der Waals surface area (Å²) in [6.07, 6.45) is 2.22. The molecule has 3 atom stereocenters. The number of hydrogen-bond acceptors (Lipinski definition) is 3. The molecule has 2 aromatic carbocycles. The Hall–Kier alpha value is -2.14. The van der Waals surface area contributed by atoms with Crippen LogP contribution in [0.5, 0.6) is 0 Å². The van der Waals surface area contributed by atoms with E-state index in [9.17, 15) is 13.2 Å². The number of carbonyl (C=O) groups excluding carboxylic acids is 1. The highest BCUT2D eigenvalue weighted by Crippen LogP contribution is 2.37. The molecule has 138 valence electrons. The van der Waals surface area contributed by atoms with Gasteiger partial charge in [0.1, 0.15) is 0 Å². The van der Waals surface area contributed by atoms with Crippen LogP contribution in [0.15, 0.2) is 59.5 Å². The molecule has 0 spiro atoms. The molecule has 0 aromatic heterocycles. The lowest BCUT2D eigenvalue weighted by Crippen LogP contribution is -2.40. The summed E-state index contributed by atoms with van der Waals surface area (Å²) in [7, 11) is -3.35. The zero-order valence-electron chi connectivity index (χ0n) is 15.4. The second-order valence-corrected chi connectivity index (χ2v) is 9.18. The summed E-state index contributed by atoms with van der Waals surface area (Å²) >= 11 is 0. The molecule has 0 aliphatic carbocycles. The van der Waals surface area contributed by atoms with E-state index in [1.807, 2.05) is 23.1 Å². The maximum Gasteiger partial charge on any atom is 0.227 e. The number of nitrogens with zero attached hydrogens (tertiary/aromatic N) is 1. The van der Waals surface area contributed by atoms with Crippen molar-refractivity contribution in [2.75, 3.05) is 6.26 Å². The lowest BCUT2D eigenvalue weighted by Gasteiger charge is -2.28. The van der Waals surface area contributed by atoms with Crippen LogP contribution in [-0.4, -0.2) is 37.6 Å². The van der Waals surface area contributed by atoms with Gasteiger partial charge in [0, 0.05) is 24.3 Å². The normalized spacial score (nSPS) is 23.2. The molecule has 26 heavy (non-hydrogen) atoms. The van der Waals surface area contributed by atoms with Gasteiger partial charge in [0.25, 0.3) is 0 Å². The van der Waals surface area contributed by atoms with Crippen LogP contribution in [-0.2, 0) is 21.1 Å². The van der Waals surface area contributed by atoms with E-state index in [0.29, 0.717) is 11.5 Å². The molecule has 1 fully saturated rings. The number of benzene rings is 2. The summed E-state index contributed by atoms with van der Waals surface area (Å²) in [5.74, 6) is 0.292. The first-order valence-corrected chi connectivity index (χ1v) is 10.8. The van der Waals surface area contributed by atoms with Crippen LogP contribution in [0, 0.1) is 0 Å². The summed E-state index contributed by atoms with van der Waals surface area (Å²) in [6, 6.07) is 17.3. The molecule has 1 aliphatic heterocycles. The Labute approximate surface area is 155 Å². The standard InChI is InChI=1S/C21H25NO3S/c1-15-13-19(17-9-5-4-6-10-17)16(2)22(15)21(23)14-18-11-7-8-12-20(18)26(3,24)25/h4-12,15-16,19H,13-14H2,1-3H3. The Morgan fingerprint density at radius 1 is 1.04 bits per heavy atom. The third-order valence-corrected chi connectivity index (χ3v) is 6.52. The molecule has 1 heterocycles. The Balaban J connectivity index is 1.83. The van der Waals surface area contributed by atoms with Gasteiger partial charge >= 0.3 is 0 Å². The van der Waals surface area contributed by atoms with E-state index < -0.39 is 9.84 Å². The molecule has 5 heteroatoms. The van der Waals surface area contributed by atoms with Crippen molar-refractivity contribution in [2.45, 2.75) is 49.6 Å². The average Bonchev–Trinajstić information content (AvgIpc) is 2.89. The highest BCUT2D eigenvalue weighted by molar-refractivity contribution is 7.90. The van der Waals surface area contributed by atoms with E-state index in [4.69, 9.17) is 0 Å². The third kappa shape index (κ3) is 3.68. The van der Waals surface area contributed by atoms with Crippen LogP contribution in [0.3, 0.4) is 0 Å². The maximum atomic E-state index is 13.0. The quantitative estimate of drug-likeness (QED) is 0.827. The Morgan fingerprint density at radius 3 is 2.31 bits per heavy atom. The molecule has 0 N–H and O–H groups in total. The van der Waals surface area contributed by atoms with Gasteiger partial charge in [-0.05, 0) is 37.5 Å². The molecule has 1 saturated heterocycles. The van der Waals surface area contributed by atoms with Crippen molar-refractivity contribution < 1.29 is 13.2 Å². The van der Waals surface area contributed by atoms with Crippen molar-refractivity contribution in [3.05, 3.63) is 65.7 Å². The van der Waals surface area contributed by atoms with Crippen LogP contribution in [0.4, 0.5) is 0 Å². The van der Waals surface area contributed by atoms with Gasteiger partial charge in [0.15, 0.2) is 9.84 Å². The Kier molecular flexibility index (Phi) is 5.19. The second-order valence-electron chi connectivity index (χ2n) is 7.20. The molecule has 3 rings (SSSR count). The van der Waals surface area contributed by atoms with E-state index in [0.717, 1.165) is 6.42 Å². The summed E-state index contributed by atoms with van der Waals surface area (Å²) in [5, 5.41) is 0. The fraction of sp³-hybridized carbons (Fsp3) is 0.381. The van der Waals surface area contributed by atoms with Crippen LogP contribution >= 0.6 is 0 Å². The lowest BCUT2D eigenvalue weighted by atomic mass is 9.92. The summed E-state index contributed by atoms with van der Waals surface area (Å²) in [5.41, 5.74) is 1.82. The SMILES string of the molecule is CC1CC(c2ccccc2)C(C)N1C(=O)Cc1ccccc1S(C)(=O)=O. The first-order valence-electron chi connectivity index (χ1n) is 8.93. The zero-order valence-corrected chi connectivity index (χ0v) is 16.2. The van der Waals surface area contributed by atoms with Crippen molar-refractivity contribution in [3.63, 3.8) is 0 Å². The molecular weight excluding hydrogens is 346 g/mol. The Morgan fingerprint density at radius 2 is 1.65 bits per heavy atom. The van der Waals surface area contributed by atoms with Gasteiger partial charge in [-0.25, -0.2) is 8.42 Å². The summed E-state index contributed by atoms with van der Waals surface area (Å²) in [4.78, 5) is 15.2. The highest BCUT2D eigenvalue weighted by atomic mass is 32.2. The van der Waals surface area contributed by atoms with E-state index in [1.54, 1.807) is 24.3 Å². The van der Waals surface area contributed by atoms with E-state index >= 15 is 0 Å². The molecule has 0 radical (unpaired) electrons. The molecule has 4 nitrogen and oxygen atoms in total. The number of likely N-dealkylation sites (tertiary alicyclic amines) is 1. The first-order chi connectivity index (χ1) is 12.3. The minimum Gasteiger partial charge on any atom is -0.336 e. The van der Waals surface area contributed by atoms with Crippen molar-refractivity contribution in [1.82, 2.24) is 4.90 Å². The number of amides is 1. The van der Waals surface area contributed by atoms with Gasteiger partial charge in [-0.15, -0.1) is 0 Å². The van der Waals surface area contributed by atoms with Crippen molar-refractivity contribution in [1.29, 1.82) is 0 Å². The zero-order chi connectivity index (χ0) is 18.9. The fourth-order valence-electron chi connectivity index (χ4n) is 4.13. The fourth-order valence-corrected chi connectivity index (χ4v) is 5.07.